The molecule has 1 aromatic carbocycles. The standard InChI is InChI=1S/C17H19F6N3O2S2/c1-11(2)10-24-15(29)25-3-5-26(6-4-25)30(27,28)14-8-12(16(18,19)20)7-13(9-14)17(21,22)23/h7-9H,1,3-6,10H2,2H3,(H,24,29). The highest BCUT2D eigenvalue weighted by Crippen LogP contribution is 2.37. The summed E-state index contributed by atoms with van der Waals surface area (Å²) < 4.78 is 105. The molecule has 168 valence electrons. The second-order valence-electron chi connectivity index (χ2n) is 6.75. The van der Waals surface area contributed by atoms with Crippen molar-refractivity contribution < 1.29 is 34.8 Å². The first-order chi connectivity index (χ1) is 13.6. The fraction of sp³-hybridized carbons (Fsp3) is 0.471. The van der Waals surface area contributed by atoms with Gasteiger partial charge in [0.05, 0.1) is 16.0 Å². The van der Waals surface area contributed by atoms with Crippen molar-refractivity contribution in [2.24, 2.45) is 0 Å². The lowest BCUT2D eigenvalue weighted by atomic mass is 10.1. The number of alkyl halides is 6. The largest absolute Gasteiger partial charge is 0.416 e. The third kappa shape index (κ3) is 5.85. The van der Waals surface area contributed by atoms with Gasteiger partial charge < -0.3 is 10.2 Å². The van der Waals surface area contributed by atoms with Gasteiger partial charge in [0.25, 0.3) is 0 Å². The van der Waals surface area contributed by atoms with Crippen LogP contribution in [0.1, 0.15) is 18.1 Å². The summed E-state index contributed by atoms with van der Waals surface area (Å²) in [7, 11) is -4.57. The molecule has 1 aliphatic heterocycles. The van der Waals surface area contributed by atoms with Crippen molar-refractivity contribution in [1.82, 2.24) is 14.5 Å². The summed E-state index contributed by atoms with van der Waals surface area (Å²) in [6.07, 6.45) is -10.3. The molecular weight excluding hydrogens is 456 g/mol. The van der Waals surface area contributed by atoms with E-state index in [0.717, 1.165) is 9.88 Å². The van der Waals surface area contributed by atoms with Crippen LogP contribution in [0.5, 0.6) is 0 Å². The Morgan fingerprint density at radius 1 is 1.03 bits per heavy atom. The molecule has 0 spiro atoms. The molecule has 1 heterocycles. The third-order valence-electron chi connectivity index (χ3n) is 4.27. The van der Waals surface area contributed by atoms with Crippen molar-refractivity contribution in [2.45, 2.75) is 24.2 Å². The average Bonchev–Trinajstić information content (AvgIpc) is 2.64. The van der Waals surface area contributed by atoms with Crippen molar-refractivity contribution in [3.05, 3.63) is 41.5 Å². The van der Waals surface area contributed by atoms with Crippen LogP contribution in [0.2, 0.25) is 0 Å². The molecule has 0 amide bonds. The Kier molecular flexibility index (Phi) is 7.09. The molecule has 30 heavy (non-hydrogen) atoms. The molecule has 1 aliphatic rings. The monoisotopic (exact) mass is 475 g/mol. The quantitative estimate of drug-likeness (QED) is 0.411. The minimum atomic E-state index is -5.13. The lowest BCUT2D eigenvalue weighted by Crippen LogP contribution is -2.53. The number of halogens is 6. The summed E-state index contributed by atoms with van der Waals surface area (Å²) >= 11 is 5.19. The number of rotatable bonds is 4. The summed E-state index contributed by atoms with van der Waals surface area (Å²) in [5.74, 6) is 0. The molecular formula is C17H19F6N3O2S2. The molecule has 0 radical (unpaired) electrons. The maximum Gasteiger partial charge on any atom is 0.416 e. The van der Waals surface area contributed by atoms with Crippen LogP contribution >= 0.6 is 12.2 Å². The zero-order valence-corrected chi connectivity index (χ0v) is 17.4. The summed E-state index contributed by atoms with van der Waals surface area (Å²) in [5.41, 5.74) is -2.54. The predicted octanol–water partition coefficient (Wildman–Crippen LogP) is 3.48. The Morgan fingerprint density at radius 3 is 1.90 bits per heavy atom. The minimum Gasteiger partial charge on any atom is -0.359 e. The van der Waals surface area contributed by atoms with Gasteiger partial charge in [0.1, 0.15) is 0 Å². The van der Waals surface area contributed by atoms with E-state index in [0.29, 0.717) is 11.7 Å². The first-order valence-corrected chi connectivity index (χ1v) is 10.4. The Bertz CT molecular complexity index is 888. The molecule has 0 unspecified atom stereocenters. The normalized spacial score (nSPS) is 16.4. The lowest BCUT2D eigenvalue weighted by molar-refractivity contribution is -0.143. The van der Waals surface area contributed by atoms with Gasteiger partial charge in [0.2, 0.25) is 10.0 Å². The van der Waals surface area contributed by atoms with Crippen molar-refractivity contribution >= 4 is 27.4 Å². The van der Waals surface area contributed by atoms with Crippen molar-refractivity contribution in [3.8, 4) is 0 Å². The van der Waals surface area contributed by atoms with E-state index in [1.54, 1.807) is 11.8 Å². The summed E-state index contributed by atoms with van der Waals surface area (Å²) in [6, 6.07) is 0.328. The zero-order chi connectivity index (χ0) is 22.9. The van der Waals surface area contributed by atoms with Gasteiger partial charge in [-0.05, 0) is 37.3 Å². The summed E-state index contributed by atoms with van der Waals surface area (Å²) in [5, 5.41) is 3.28. The van der Waals surface area contributed by atoms with Crippen molar-refractivity contribution in [2.75, 3.05) is 32.7 Å². The van der Waals surface area contributed by atoms with Crippen molar-refractivity contribution in [1.29, 1.82) is 0 Å². The zero-order valence-electron chi connectivity index (χ0n) is 15.8. The number of sulfonamides is 1. The molecule has 0 saturated carbocycles. The number of hydrogen-bond donors (Lipinski definition) is 1. The third-order valence-corrected chi connectivity index (χ3v) is 6.55. The summed E-state index contributed by atoms with van der Waals surface area (Å²) in [6.45, 7) is 5.89. The van der Waals surface area contributed by atoms with Gasteiger partial charge in [-0.15, -0.1) is 0 Å². The fourth-order valence-corrected chi connectivity index (χ4v) is 4.44. The number of benzene rings is 1. The molecule has 0 aromatic heterocycles. The molecule has 1 aromatic rings. The minimum absolute atomic E-state index is 0.108. The van der Waals surface area contributed by atoms with E-state index in [4.69, 9.17) is 12.2 Å². The van der Waals surface area contributed by atoms with Gasteiger partial charge in [-0.2, -0.15) is 30.6 Å². The van der Waals surface area contributed by atoms with Crippen LogP contribution in [0.25, 0.3) is 0 Å². The molecule has 0 bridgehead atoms. The van der Waals surface area contributed by atoms with Gasteiger partial charge in [-0.3, -0.25) is 0 Å². The summed E-state index contributed by atoms with van der Waals surface area (Å²) in [4.78, 5) is 0.610. The van der Waals surface area contributed by atoms with Crippen LogP contribution in [0.4, 0.5) is 26.3 Å². The van der Waals surface area contributed by atoms with Crippen LogP contribution in [-0.4, -0.2) is 55.5 Å². The second-order valence-corrected chi connectivity index (χ2v) is 9.07. The van der Waals surface area contributed by atoms with E-state index in [9.17, 15) is 34.8 Å². The first kappa shape index (κ1) is 24.4. The number of nitrogens with one attached hydrogen (secondary N) is 1. The maximum absolute atomic E-state index is 13.0. The molecule has 2 rings (SSSR count). The van der Waals surface area contributed by atoms with Gasteiger partial charge >= 0.3 is 12.4 Å². The molecule has 5 nitrogen and oxygen atoms in total. The van der Waals surface area contributed by atoms with Crippen LogP contribution < -0.4 is 5.32 Å². The SMILES string of the molecule is C=C(C)CNC(=S)N1CCN(S(=O)(=O)c2cc(C(F)(F)F)cc(C(F)(F)F)c2)CC1. The Labute approximate surface area is 175 Å². The van der Waals surface area contributed by atoms with Gasteiger partial charge in [0.15, 0.2) is 5.11 Å². The number of hydrogen-bond acceptors (Lipinski definition) is 3. The van der Waals surface area contributed by atoms with Gasteiger partial charge in [-0.1, -0.05) is 12.2 Å². The van der Waals surface area contributed by atoms with Crippen molar-refractivity contribution in [3.63, 3.8) is 0 Å². The van der Waals surface area contributed by atoms with E-state index in [-0.39, 0.29) is 44.4 Å². The second kappa shape index (κ2) is 8.71. The molecule has 1 N–H and O–H groups in total. The highest BCUT2D eigenvalue weighted by molar-refractivity contribution is 7.89. The molecule has 13 heteroatoms. The van der Waals surface area contributed by atoms with Crippen LogP contribution in [-0.2, 0) is 22.4 Å². The average molecular weight is 475 g/mol. The molecule has 1 saturated heterocycles. The number of thiocarbonyl (C=S) groups is 1. The van der Waals surface area contributed by atoms with E-state index in [1.165, 1.54) is 0 Å². The topological polar surface area (TPSA) is 52.6 Å². The first-order valence-electron chi connectivity index (χ1n) is 8.59. The smallest absolute Gasteiger partial charge is 0.359 e. The number of nitrogens with zero attached hydrogens (tertiary/aromatic N) is 2. The molecule has 1 fully saturated rings. The van der Waals surface area contributed by atoms with E-state index < -0.39 is 38.4 Å². The maximum atomic E-state index is 13.0. The van der Waals surface area contributed by atoms with E-state index in [1.807, 2.05) is 0 Å². The highest BCUT2D eigenvalue weighted by Gasteiger charge is 2.39. The van der Waals surface area contributed by atoms with Crippen LogP contribution in [0.15, 0.2) is 35.2 Å². The van der Waals surface area contributed by atoms with Gasteiger partial charge in [-0.25, -0.2) is 8.42 Å². The van der Waals surface area contributed by atoms with Crippen LogP contribution in [0, 0.1) is 0 Å². The Balaban J connectivity index is 2.26. The Hall–Kier alpha value is -1.86. The van der Waals surface area contributed by atoms with E-state index >= 15 is 0 Å². The number of piperazine rings is 1. The Morgan fingerprint density at radius 2 is 1.50 bits per heavy atom. The lowest BCUT2D eigenvalue weighted by Gasteiger charge is -2.35. The van der Waals surface area contributed by atoms with E-state index in [2.05, 4.69) is 11.9 Å². The molecule has 0 aliphatic carbocycles. The van der Waals surface area contributed by atoms with Gasteiger partial charge in [0, 0.05) is 32.7 Å². The highest BCUT2D eigenvalue weighted by atomic mass is 32.2. The van der Waals surface area contributed by atoms with Crippen LogP contribution in [0.3, 0.4) is 0 Å². The predicted molar refractivity (Wildman–Crippen MR) is 102 cm³/mol. The fourth-order valence-electron chi connectivity index (χ4n) is 2.69. The molecule has 0 atom stereocenters.